The molecule has 2 aliphatic rings. The van der Waals surface area contributed by atoms with Crippen molar-refractivity contribution >= 4 is 11.9 Å². The smallest absolute Gasteiger partial charge is 0.332 e. The number of aliphatic carboxylic acids is 1. The lowest BCUT2D eigenvalue weighted by Gasteiger charge is -2.35. The Kier molecular flexibility index (Phi) is 4.31. The molecule has 1 aromatic rings. The molecule has 2 saturated heterocycles. The Balaban J connectivity index is 1.45. The van der Waals surface area contributed by atoms with E-state index in [-0.39, 0.29) is 6.10 Å². The van der Waals surface area contributed by atoms with Gasteiger partial charge in [-0.05, 0) is 18.9 Å². The van der Waals surface area contributed by atoms with Crippen LogP contribution in [0.15, 0.2) is 18.5 Å². The molecule has 21 heavy (non-hydrogen) atoms. The van der Waals surface area contributed by atoms with E-state index >= 15 is 0 Å². The maximum atomic E-state index is 10.9. The van der Waals surface area contributed by atoms with Gasteiger partial charge in [0.1, 0.15) is 0 Å². The summed E-state index contributed by atoms with van der Waals surface area (Å²) in [6, 6.07) is 1.82. The Hall–Kier alpha value is -1.73. The molecule has 7 heteroatoms. The highest BCUT2D eigenvalue weighted by Gasteiger charge is 2.32. The van der Waals surface area contributed by atoms with E-state index in [0.717, 1.165) is 45.1 Å². The summed E-state index contributed by atoms with van der Waals surface area (Å²) in [5.74, 6) is -0.0660. The average Bonchev–Trinajstić information content (AvgIpc) is 2.98. The molecule has 0 aliphatic carbocycles. The van der Waals surface area contributed by atoms with Crippen molar-refractivity contribution in [3.05, 3.63) is 18.5 Å². The molecule has 1 aromatic heterocycles. The van der Waals surface area contributed by atoms with E-state index in [9.17, 15) is 4.79 Å². The van der Waals surface area contributed by atoms with Gasteiger partial charge in [0, 0.05) is 45.1 Å². The van der Waals surface area contributed by atoms with Gasteiger partial charge in [0.15, 0.2) is 6.10 Å². The number of hydrogen-bond acceptors (Lipinski definition) is 6. The molecule has 0 spiro atoms. The number of piperazine rings is 1. The van der Waals surface area contributed by atoms with Crippen molar-refractivity contribution in [1.82, 2.24) is 14.9 Å². The molecule has 3 rings (SSSR count). The first kappa shape index (κ1) is 14.2. The zero-order valence-corrected chi connectivity index (χ0v) is 11.9. The van der Waals surface area contributed by atoms with Crippen molar-refractivity contribution in [3.8, 4) is 0 Å². The molecular weight excluding hydrogens is 272 g/mol. The third-order valence-electron chi connectivity index (χ3n) is 4.05. The zero-order chi connectivity index (χ0) is 14.7. The van der Waals surface area contributed by atoms with Gasteiger partial charge >= 0.3 is 5.97 Å². The Bertz CT molecular complexity index is 476. The number of anilines is 1. The molecule has 3 heterocycles. The highest BCUT2D eigenvalue weighted by molar-refractivity contribution is 5.72. The van der Waals surface area contributed by atoms with Crippen molar-refractivity contribution in [2.24, 2.45) is 0 Å². The van der Waals surface area contributed by atoms with Crippen LogP contribution >= 0.6 is 0 Å². The SMILES string of the molecule is O=C(O)C1CCC(CN2CCN(c3ncccn3)CC2)O1. The third kappa shape index (κ3) is 3.48. The van der Waals surface area contributed by atoms with E-state index in [4.69, 9.17) is 9.84 Å². The van der Waals surface area contributed by atoms with E-state index in [1.165, 1.54) is 0 Å². The molecule has 1 N–H and O–H groups in total. The third-order valence-corrected chi connectivity index (χ3v) is 4.05. The van der Waals surface area contributed by atoms with Crippen molar-refractivity contribution in [3.63, 3.8) is 0 Å². The Labute approximate surface area is 123 Å². The van der Waals surface area contributed by atoms with Gasteiger partial charge in [-0.25, -0.2) is 14.8 Å². The number of hydrogen-bond donors (Lipinski definition) is 1. The van der Waals surface area contributed by atoms with Crippen LogP contribution in [0.25, 0.3) is 0 Å². The van der Waals surface area contributed by atoms with Crippen LogP contribution in [-0.4, -0.2) is 70.9 Å². The molecule has 0 aromatic carbocycles. The number of carbonyl (C=O) groups is 1. The maximum Gasteiger partial charge on any atom is 0.332 e. The lowest BCUT2D eigenvalue weighted by Crippen LogP contribution is -2.49. The predicted octanol–water partition coefficient (Wildman–Crippen LogP) is 0.231. The minimum atomic E-state index is -0.844. The largest absolute Gasteiger partial charge is 0.479 e. The van der Waals surface area contributed by atoms with Crippen LogP contribution in [-0.2, 0) is 9.53 Å². The topological polar surface area (TPSA) is 78.8 Å². The summed E-state index contributed by atoms with van der Waals surface area (Å²) in [7, 11) is 0. The Morgan fingerprint density at radius 2 is 1.95 bits per heavy atom. The van der Waals surface area contributed by atoms with E-state index in [0.29, 0.717) is 6.42 Å². The number of carboxylic acids is 1. The van der Waals surface area contributed by atoms with Crippen molar-refractivity contribution in [2.45, 2.75) is 25.0 Å². The van der Waals surface area contributed by atoms with Crippen LogP contribution in [0.3, 0.4) is 0 Å². The van der Waals surface area contributed by atoms with Gasteiger partial charge < -0.3 is 14.7 Å². The predicted molar refractivity (Wildman–Crippen MR) is 76.2 cm³/mol. The summed E-state index contributed by atoms with van der Waals surface area (Å²) in [4.78, 5) is 23.9. The quantitative estimate of drug-likeness (QED) is 0.851. The number of nitrogens with zero attached hydrogens (tertiary/aromatic N) is 4. The zero-order valence-electron chi connectivity index (χ0n) is 11.9. The number of aromatic nitrogens is 2. The first-order valence-corrected chi connectivity index (χ1v) is 7.35. The van der Waals surface area contributed by atoms with Gasteiger partial charge in [-0.2, -0.15) is 0 Å². The standard InChI is InChI=1S/C14H20N4O3/c19-13(20)12-3-2-11(21-12)10-17-6-8-18(9-7-17)14-15-4-1-5-16-14/h1,4-5,11-12H,2-3,6-10H2,(H,19,20). The highest BCUT2D eigenvalue weighted by atomic mass is 16.5. The Morgan fingerprint density at radius 1 is 1.24 bits per heavy atom. The highest BCUT2D eigenvalue weighted by Crippen LogP contribution is 2.21. The van der Waals surface area contributed by atoms with Gasteiger partial charge in [-0.3, -0.25) is 4.90 Å². The van der Waals surface area contributed by atoms with Crippen LogP contribution in [0, 0.1) is 0 Å². The fourth-order valence-corrected chi connectivity index (χ4v) is 2.89. The first-order valence-electron chi connectivity index (χ1n) is 7.35. The van der Waals surface area contributed by atoms with Crippen LogP contribution in [0.5, 0.6) is 0 Å². The van der Waals surface area contributed by atoms with Gasteiger partial charge in [-0.15, -0.1) is 0 Å². The number of ether oxygens (including phenoxy) is 1. The number of rotatable bonds is 4. The van der Waals surface area contributed by atoms with Crippen LogP contribution in [0.1, 0.15) is 12.8 Å². The lowest BCUT2D eigenvalue weighted by atomic mass is 10.2. The average molecular weight is 292 g/mol. The van der Waals surface area contributed by atoms with E-state index < -0.39 is 12.1 Å². The normalized spacial score (nSPS) is 27.0. The molecule has 0 bridgehead atoms. The molecule has 114 valence electrons. The summed E-state index contributed by atoms with van der Waals surface area (Å²) in [6.45, 7) is 4.44. The van der Waals surface area contributed by atoms with Crippen molar-refractivity contribution in [1.29, 1.82) is 0 Å². The van der Waals surface area contributed by atoms with Crippen LogP contribution in [0.4, 0.5) is 5.95 Å². The van der Waals surface area contributed by atoms with Gasteiger partial charge in [-0.1, -0.05) is 0 Å². The second kappa shape index (κ2) is 6.36. The summed E-state index contributed by atoms with van der Waals surface area (Å²) in [5, 5.41) is 8.94. The van der Waals surface area contributed by atoms with Gasteiger partial charge in [0.25, 0.3) is 0 Å². The van der Waals surface area contributed by atoms with Gasteiger partial charge in [0.05, 0.1) is 6.10 Å². The molecule has 2 atom stereocenters. The van der Waals surface area contributed by atoms with E-state index in [1.54, 1.807) is 12.4 Å². The van der Waals surface area contributed by atoms with Crippen LogP contribution < -0.4 is 4.90 Å². The van der Waals surface area contributed by atoms with Crippen molar-refractivity contribution in [2.75, 3.05) is 37.6 Å². The van der Waals surface area contributed by atoms with E-state index in [2.05, 4.69) is 19.8 Å². The van der Waals surface area contributed by atoms with Gasteiger partial charge in [0.2, 0.25) is 5.95 Å². The summed E-state index contributed by atoms with van der Waals surface area (Å²) in [6.07, 6.45) is 4.40. The minimum Gasteiger partial charge on any atom is -0.479 e. The molecule has 0 amide bonds. The molecule has 0 saturated carbocycles. The fourth-order valence-electron chi connectivity index (χ4n) is 2.89. The first-order chi connectivity index (χ1) is 10.2. The molecule has 0 radical (unpaired) electrons. The number of carboxylic acid groups (broad SMARTS) is 1. The van der Waals surface area contributed by atoms with Crippen LogP contribution in [0.2, 0.25) is 0 Å². The fraction of sp³-hybridized carbons (Fsp3) is 0.643. The van der Waals surface area contributed by atoms with Crippen molar-refractivity contribution < 1.29 is 14.6 Å². The Morgan fingerprint density at radius 3 is 2.57 bits per heavy atom. The maximum absolute atomic E-state index is 10.9. The molecular formula is C14H20N4O3. The molecule has 2 unspecified atom stereocenters. The second-order valence-corrected chi connectivity index (χ2v) is 5.50. The molecule has 2 fully saturated rings. The minimum absolute atomic E-state index is 0.0469. The molecule has 7 nitrogen and oxygen atoms in total. The lowest BCUT2D eigenvalue weighted by molar-refractivity contribution is -0.149. The summed E-state index contributed by atoms with van der Waals surface area (Å²) >= 11 is 0. The summed E-state index contributed by atoms with van der Waals surface area (Å²) in [5.41, 5.74) is 0. The van der Waals surface area contributed by atoms with E-state index in [1.807, 2.05) is 6.07 Å². The summed E-state index contributed by atoms with van der Waals surface area (Å²) < 4.78 is 5.56. The monoisotopic (exact) mass is 292 g/mol. The molecule has 2 aliphatic heterocycles. The second-order valence-electron chi connectivity index (χ2n) is 5.50.